The number of hydrogen-bond acceptors (Lipinski definition) is 10. The van der Waals surface area contributed by atoms with Gasteiger partial charge in [-0.3, -0.25) is 19.1 Å². The van der Waals surface area contributed by atoms with E-state index in [4.69, 9.17) is 16.6 Å². The number of carbonyl (C=O) groups is 1. The number of sulfonamides is 1. The molecule has 2 bridgehead atoms. The molecule has 2 N–H and O–H groups in total. The lowest BCUT2D eigenvalue weighted by atomic mass is 10.0. The van der Waals surface area contributed by atoms with E-state index in [0.717, 1.165) is 23.9 Å². The molecule has 4 aromatic rings. The zero-order valence-corrected chi connectivity index (χ0v) is 26.9. The third kappa shape index (κ3) is 5.79. The van der Waals surface area contributed by atoms with Crippen LogP contribution in [0.2, 0.25) is 5.15 Å². The molecule has 1 aromatic carbocycles. The van der Waals surface area contributed by atoms with E-state index in [2.05, 4.69) is 25.1 Å². The van der Waals surface area contributed by atoms with Gasteiger partial charge in [-0.05, 0) is 51.0 Å². The van der Waals surface area contributed by atoms with Gasteiger partial charge in [0, 0.05) is 37.8 Å². The summed E-state index contributed by atoms with van der Waals surface area (Å²) in [5, 5.41) is 3.70. The average Bonchev–Trinajstić information content (AvgIpc) is 3.58. The molecule has 15 heteroatoms. The first-order valence-electron chi connectivity index (χ1n) is 14.3. The number of anilines is 3. The number of nitrogens with one attached hydrogen (secondary N) is 2. The van der Waals surface area contributed by atoms with Gasteiger partial charge in [-0.15, -0.1) is 0 Å². The highest BCUT2D eigenvalue weighted by molar-refractivity contribution is 7.89. The van der Waals surface area contributed by atoms with Gasteiger partial charge in [0.1, 0.15) is 11.0 Å². The number of benzene rings is 1. The van der Waals surface area contributed by atoms with E-state index in [0.29, 0.717) is 41.2 Å². The summed E-state index contributed by atoms with van der Waals surface area (Å²) in [6.07, 6.45) is 3.41. The van der Waals surface area contributed by atoms with Crippen LogP contribution < -0.4 is 25.4 Å². The Morgan fingerprint density at radius 3 is 2.49 bits per heavy atom. The van der Waals surface area contributed by atoms with Gasteiger partial charge in [0.05, 0.1) is 52.5 Å². The molecule has 2 saturated heterocycles. The fourth-order valence-corrected chi connectivity index (χ4v) is 6.84. The van der Waals surface area contributed by atoms with Crippen LogP contribution in [0.25, 0.3) is 10.9 Å². The zero-order valence-electron chi connectivity index (χ0n) is 25.3. The van der Waals surface area contributed by atoms with E-state index in [1.54, 1.807) is 36.9 Å². The Morgan fingerprint density at radius 2 is 1.82 bits per heavy atom. The van der Waals surface area contributed by atoms with Crippen LogP contribution in [0, 0.1) is 19.7 Å². The molecule has 12 nitrogen and oxygen atoms in total. The molecule has 236 valence electrons. The monoisotopic (exact) mass is 654 g/mol. The topological polar surface area (TPSA) is 142 Å². The molecule has 2 fully saturated rings. The first-order chi connectivity index (χ1) is 21.2. The van der Waals surface area contributed by atoms with Gasteiger partial charge >= 0.3 is 0 Å². The number of fused-ring (bicyclic) bond motifs is 3. The Bertz CT molecular complexity index is 2040. The van der Waals surface area contributed by atoms with Gasteiger partial charge in [0.15, 0.2) is 5.69 Å². The van der Waals surface area contributed by atoms with Crippen molar-refractivity contribution in [2.45, 2.75) is 45.3 Å². The minimum absolute atomic E-state index is 0.0184. The minimum Gasteiger partial charge on any atom is -0.377 e. The van der Waals surface area contributed by atoms with Crippen molar-refractivity contribution in [3.63, 3.8) is 0 Å². The van der Waals surface area contributed by atoms with Gasteiger partial charge in [-0.2, -0.15) is 0 Å². The molecular weight excluding hydrogens is 623 g/mol. The molecule has 6 rings (SSSR count). The van der Waals surface area contributed by atoms with Crippen molar-refractivity contribution < 1.29 is 17.6 Å². The van der Waals surface area contributed by atoms with Crippen molar-refractivity contribution in [3.8, 4) is 0 Å². The number of carbonyl (C=O) groups excluding carboxylic acids is 1. The molecule has 5 heterocycles. The van der Waals surface area contributed by atoms with Crippen LogP contribution in [0.15, 0.2) is 41.3 Å². The van der Waals surface area contributed by atoms with E-state index in [-0.39, 0.29) is 40.0 Å². The summed E-state index contributed by atoms with van der Waals surface area (Å²) in [5.41, 5.74) is 3.02. The summed E-state index contributed by atoms with van der Waals surface area (Å²) in [4.78, 5) is 44.1. The minimum atomic E-state index is -3.85. The second-order valence-electron chi connectivity index (χ2n) is 11.7. The quantitative estimate of drug-likeness (QED) is 0.285. The van der Waals surface area contributed by atoms with Gasteiger partial charge in [0.2, 0.25) is 16.0 Å². The van der Waals surface area contributed by atoms with Crippen LogP contribution in [-0.4, -0.2) is 65.3 Å². The van der Waals surface area contributed by atoms with Crippen LogP contribution >= 0.6 is 11.6 Å². The van der Waals surface area contributed by atoms with E-state index < -0.39 is 22.0 Å². The van der Waals surface area contributed by atoms with E-state index in [1.807, 2.05) is 24.6 Å². The molecule has 1 amide bonds. The van der Waals surface area contributed by atoms with E-state index in [1.165, 1.54) is 12.1 Å². The highest BCUT2D eigenvalue weighted by atomic mass is 35.5. The molecule has 2 aliphatic rings. The summed E-state index contributed by atoms with van der Waals surface area (Å²) in [7, 11) is -2.14. The molecule has 0 unspecified atom stereocenters. The van der Waals surface area contributed by atoms with Crippen LogP contribution in [0.1, 0.15) is 46.7 Å². The van der Waals surface area contributed by atoms with Gasteiger partial charge < -0.3 is 15.1 Å². The van der Waals surface area contributed by atoms with Crippen LogP contribution in [0.5, 0.6) is 0 Å². The lowest BCUT2D eigenvalue weighted by Crippen LogP contribution is -2.48. The molecule has 3 aromatic heterocycles. The molecule has 0 spiro atoms. The van der Waals surface area contributed by atoms with Crippen molar-refractivity contribution in [2.75, 3.05) is 34.5 Å². The van der Waals surface area contributed by atoms with Crippen LogP contribution in [0.4, 0.5) is 21.7 Å². The predicted octanol–water partition coefficient (Wildman–Crippen LogP) is 3.46. The van der Waals surface area contributed by atoms with Crippen molar-refractivity contribution in [1.29, 1.82) is 0 Å². The highest BCUT2D eigenvalue weighted by Crippen LogP contribution is 2.37. The number of hydrogen-bond donors (Lipinski definition) is 2. The molecule has 45 heavy (non-hydrogen) atoms. The Morgan fingerprint density at radius 1 is 1.11 bits per heavy atom. The number of aryl methyl sites for hydroxylation is 2. The summed E-state index contributed by atoms with van der Waals surface area (Å²) in [6, 6.07) is 7.97. The number of nitrogens with zero attached hydrogens (tertiary/aromatic N) is 6. The standard InChI is InChI=1S/C30H32ClFN8O4S/c1-15-8-21(16(2)34-24-6-7-25(31)35-27(24)28(41)37-45(5,43)44)26-22(9-15)29(42)38(4)30(36-26)40-14-19-10-20(40)13-39(19)18-11-23(32)17(3)33-12-18/h6-9,11-12,16,19-20,34H,10,13-14H2,1-5H3,(H,37,41)/t16-,19-,20-/m1/s1. The predicted molar refractivity (Wildman–Crippen MR) is 171 cm³/mol. The van der Waals surface area contributed by atoms with Gasteiger partial charge in [-0.1, -0.05) is 17.7 Å². The summed E-state index contributed by atoms with van der Waals surface area (Å²) >= 11 is 6.04. The van der Waals surface area contributed by atoms with Gasteiger partial charge in [-0.25, -0.2) is 27.5 Å². The number of aromatic nitrogens is 4. The first kappa shape index (κ1) is 30.7. The van der Waals surface area contributed by atoms with E-state index >= 15 is 0 Å². The fraction of sp³-hybridized carbons (Fsp3) is 0.367. The normalized spacial score (nSPS) is 18.5. The third-order valence-corrected chi connectivity index (χ3v) is 9.13. The average molecular weight is 655 g/mol. The van der Waals surface area contributed by atoms with Crippen LogP contribution in [0.3, 0.4) is 0 Å². The number of piperazine rings is 1. The first-order valence-corrected chi connectivity index (χ1v) is 16.6. The van der Waals surface area contributed by atoms with Gasteiger partial charge in [0.25, 0.3) is 11.5 Å². The van der Waals surface area contributed by atoms with Crippen molar-refractivity contribution in [3.05, 3.63) is 80.4 Å². The number of halogens is 2. The fourth-order valence-electron chi connectivity index (χ4n) is 6.26. The maximum atomic E-state index is 14.3. The third-order valence-electron chi connectivity index (χ3n) is 8.36. The molecule has 2 aliphatic heterocycles. The molecular formula is C30H32ClFN8O4S. The SMILES string of the molecule is Cc1cc([C@@H](C)Nc2ccc(Cl)nc2C(=O)NS(C)(=O)=O)c2nc(N3C[C@H]4C[C@@H]3CN4c3cnc(C)c(F)c3)n(C)c(=O)c2c1. The number of rotatable bonds is 7. The second-order valence-corrected chi connectivity index (χ2v) is 13.9. The van der Waals surface area contributed by atoms with E-state index in [9.17, 15) is 22.4 Å². The Hall–Kier alpha value is -4.30. The van der Waals surface area contributed by atoms with Crippen molar-refractivity contribution >= 4 is 55.8 Å². The summed E-state index contributed by atoms with van der Waals surface area (Å²) in [6.45, 7) is 6.62. The molecule has 3 atom stereocenters. The highest BCUT2D eigenvalue weighted by Gasteiger charge is 2.45. The maximum Gasteiger partial charge on any atom is 0.285 e. The Balaban J connectivity index is 1.34. The summed E-state index contributed by atoms with van der Waals surface area (Å²) < 4.78 is 41.2. The maximum absolute atomic E-state index is 14.3. The Kier molecular flexibility index (Phi) is 7.68. The molecule has 0 radical (unpaired) electrons. The Labute approximate surface area is 264 Å². The van der Waals surface area contributed by atoms with Crippen molar-refractivity contribution in [1.82, 2.24) is 24.2 Å². The van der Waals surface area contributed by atoms with Crippen LogP contribution in [-0.2, 0) is 17.1 Å². The smallest absolute Gasteiger partial charge is 0.285 e. The molecule has 0 saturated carbocycles. The second kappa shape index (κ2) is 11.2. The zero-order chi connectivity index (χ0) is 32.4. The number of pyridine rings is 2. The largest absolute Gasteiger partial charge is 0.377 e. The summed E-state index contributed by atoms with van der Waals surface area (Å²) in [5.74, 6) is -0.735. The lowest BCUT2D eigenvalue weighted by Gasteiger charge is -2.36. The lowest BCUT2D eigenvalue weighted by molar-refractivity contribution is 0.0977. The molecule has 0 aliphatic carbocycles. The number of amides is 1. The van der Waals surface area contributed by atoms with Crippen molar-refractivity contribution in [2.24, 2.45) is 7.05 Å².